The number of hydrogen-bond donors (Lipinski definition) is 1. The molecule has 0 spiro atoms. The first-order valence-corrected chi connectivity index (χ1v) is 9.29. The molecule has 3 aromatic carbocycles. The number of amides is 1. The Kier molecular flexibility index (Phi) is 6.85. The number of carbonyl (C=O) groups excluding carboxylic acids is 1. The molecule has 0 heterocycles. The van der Waals surface area contributed by atoms with Crippen LogP contribution in [0, 0.1) is 11.6 Å². The van der Waals surface area contributed by atoms with E-state index in [1.165, 1.54) is 6.07 Å². The van der Waals surface area contributed by atoms with Crippen molar-refractivity contribution in [3.05, 3.63) is 83.4 Å². The molecular weight excluding hydrogens is 392 g/mol. The molecule has 0 saturated carbocycles. The van der Waals surface area contributed by atoms with Gasteiger partial charge < -0.3 is 19.5 Å². The number of benzene rings is 3. The van der Waals surface area contributed by atoms with Crippen LogP contribution in [-0.4, -0.2) is 19.6 Å². The van der Waals surface area contributed by atoms with Crippen molar-refractivity contribution in [1.29, 1.82) is 0 Å². The van der Waals surface area contributed by atoms with Gasteiger partial charge in [-0.05, 0) is 49.4 Å². The minimum Gasteiger partial charge on any atom is -0.493 e. The van der Waals surface area contributed by atoms with Crippen molar-refractivity contribution in [2.45, 2.75) is 13.5 Å². The van der Waals surface area contributed by atoms with Gasteiger partial charge in [0, 0.05) is 17.2 Å². The lowest BCUT2D eigenvalue weighted by Crippen LogP contribution is -2.14. The van der Waals surface area contributed by atoms with Gasteiger partial charge >= 0.3 is 0 Å². The fraction of sp³-hybridized carbons (Fsp3) is 0.174. The predicted octanol–water partition coefficient (Wildman–Crippen LogP) is 5.20. The van der Waals surface area contributed by atoms with Crippen molar-refractivity contribution in [3.63, 3.8) is 0 Å². The number of ether oxygens (including phenoxy) is 3. The second-order valence-corrected chi connectivity index (χ2v) is 6.27. The van der Waals surface area contributed by atoms with E-state index in [9.17, 15) is 13.6 Å². The average molecular weight is 413 g/mol. The second kappa shape index (κ2) is 9.73. The van der Waals surface area contributed by atoms with E-state index in [4.69, 9.17) is 14.2 Å². The van der Waals surface area contributed by atoms with E-state index in [-0.39, 0.29) is 17.9 Å². The zero-order chi connectivity index (χ0) is 21.5. The van der Waals surface area contributed by atoms with Gasteiger partial charge in [-0.2, -0.15) is 0 Å². The van der Waals surface area contributed by atoms with Crippen LogP contribution >= 0.6 is 0 Å². The summed E-state index contributed by atoms with van der Waals surface area (Å²) in [6.07, 6.45) is 0. The van der Waals surface area contributed by atoms with Crippen LogP contribution in [0.5, 0.6) is 17.2 Å². The largest absolute Gasteiger partial charge is 0.493 e. The predicted molar refractivity (Wildman–Crippen MR) is 109 cm³/mol. The number of rotatable bonds is 8. The zero-order valence-electron chi connectivity index (χ0n) is 16.6. The van der Waals surface area contributed by atoms with Gasteiger partial charge in [-0.1, -0.05) is 12.1 Å². The van der Waals surface area contributed by atoms with Crippen LogP contribution in [0.25, 0.3) is 0 Å². The Balaban J connectivity index is 1.81. The summed E-state index contributed by atoms with van der Waals surface area (Å²) in [6.45, 7) is 2.42. The molecular formula is C23H21F2NO4. The molecule has 3 rings (SSSR count). The molecule has 1 N–H and O–H groups in total. The van der Waals surface area contributed by atoms with Crippen molar-refractivity contribution in [2.75, 3.05) is 19.0 Å². The minimum absolute atomic E-state index is 0.109. The van der Waals surface area contributed by atoms with E-state index in [2.05, 4.69) is 5.32 Å². The summed E-state index contributed by atoms with van der Waals surface area (Å²) in [6, 6.07) is 15.0. The summed E-state index contributed by atoms with van der Waals surface area (Å²) >= 11 is 0. The topological polar surface area (TPSA) is 56.8 Å². The van der Waals surface area contributed by atoms with Crippen molar-refractivity contribution in [1.82, 2.24) is 0 Å². The van der Waals surface area contributed by atoms with E-state index in [1.807, 2.05) is 19.1 Å². The SMILES string of the molecule is CCOc1ccc(C(=O)Nc2ccc(F)cc2F)cc1COc1ccccc1OC. The molecule has 0 fully saturated rings. The summed E-state index contributed by atoms with van der Waals surface area (Å²) in [5.41, 5.74) is 0.804. The molecule has 30 heavy (non-hydrogen) atoms. The third-order valence-corrected chi connectivity index (χ3v) is 4.25. The molecule has 0 atom stereocenters. The standard InChI is InChI=1S/C23H21F2NO4/c1-3-29-20-11-8-15(23(27)26-19-10-9-17(24)13-18(19)25)12-16(20)14-30-22-7-5-4-6-21(22)28-2/h4-13H,3,14H2,1-2H3,(H,26,27). The molecule has 3 aromatic rings. The highest BCUT2D eigenvalue weighted by molar-refractivity contribution is 6.04. The van der Waals surface area contributed by atoms with Gasteiger partial charge in [0.1, 0.15) is 24.0 Å². The van der Waals surface area contributed by atoms with Gasteiger partial charge in [0.25, 0.3) is 5.91 Å². The number of halogens is 2. The number of methoxy groups -OCH3 is 1. The lowest BCUT2D eigenvalue weighted by Gasteiger charge is -2.15. The summed E-state index contributed by atoms with van der Waals surface area (Å²) in [5.74, 6) is -0.419. The smallest absolute Gasteiger partial charge is 0.255 e. The van der Waals surface area contributed by atoms with Crippen molar-refractivity contribution >= 4 is 11.6 Å². The number of carbonyl (C=O) groups is 1. The number of hydrogen-bond acceptors (Lipinski definition) is 4. The Morgan fingerprint density at radius 2 is 1.70 bits per heavy atom. The molecule has 0 aliphatic carbocycles. The molecule has 0 radical (unpaired) electrons. The maximum atomic E-state index is 13.8. The van der Waals surface area contributed by atoms with Gasteiger partial charge in [0.15, 0.2) is 11.5 Å². The molecule has 7 heteroatoms. The summed E-state index contributed by atoms with van der Waals surface area (Å²) in [5, 5.41) is 2.44. The highest BCUT2D eigenvalue weighted by Gasteiger charge is 2.14. The van der Waals surface area contributed by atoms with E-state index in [0.717, 1.165) is 6.07 Å². The Morgan fingerprint density at radius 1 is 0.933 bits per heavy atom. The van der Waals surface area contributed by atoms with Crippen LogP contribution in [-0.2, 0) is 6.61 Å². The van der Waals surface area contributed by atoms with Gasteiger partial charge in [-0.25, -0.2) is 8.78 Å². The van der Waals surface area contributed by atoms with Gasteiger partial charge in [-0.15, -0.1) is 0 Å². The summed E-state index contributed by atoms with van der Waals surface area (Å²) in [4.78, 5) is 12.6. The Morgan fingerprint density at radius 3 is 2.40 bits per heavy atom. The maximum absolute atomic E-state index is 13.8. The molecule has 0 aliphatic rings. The van der Waals surface area contributed by atoms with Crippen LogP contribution in [0.1, 0.15) is 22.8 Å². The normalized spacial score (nSPS) is 10.4. The molecule has 0 aliphatic heterocycles. The van der Waals surface area contributed by atoms with E-state index >= 15 is 0 Å². The third kappa shape index (κ3) is 5.05. The van der Waals surface area contributed by atoms with Crippen molar-refractivity contribution in [2.24, 2.45) is 0 Å². The Bertz CT molecular complexity index is 1040. The van der Waals surface area contributed by atoms with Crippen molar-refractivity contribution < 1.29 is 27.8 Å². The van der Waals surface area contributed by atoms with E-state index in [1.54, 1.807) is 37.4 Å². The maximum Gasteiger partial charge on any atom is 0.255 e. The molecule has 5 nitrogen and oxygen atoms in total. The lowest BCUT2D eigenvalue weighted by atomic mass is 10.1. The van der Waals surface area contributed by atoms with Gasteiger partial charge in [0.2, 0.25) is 0 Å². The van der Waals surface area contributed by atoms with Gasteiger partial charge in [-0.3, -0.25) is 4.79 Å². The van der Waals surface area contributed by atoms with Crippen LogP contribution in [0.4, 0.5) is 14.5 Å². The molecule has 0 saturated heterocycles. The van der Waals surface area contributed by atoms with E-state index in [0.29, 0.717) is 35.5 Å². The zero-order valence-corrected chi connectivity index (χ0v) is 16.6. The van der Waals surface area contributed by atoms with Crippen molar-refractivity contribution in [3.8, 4) is 17.2 Å². The highest BCUT2D eigenvalue weighted by atomic mass is 19.1. The second-order valence-electron chi connectivity index (χ2n) is 6.27. The molecule has 1 amide bonds. The first kappa shape index (κ1) is 21.1. The average Bonchev–Trinajstić information content (AvgIpc) is 2.75. The molecule has 0 bridgehead atoms. The fourth-order valence-electron chi connectivity index (χ4n) is 2.81. The number of anilines is 1. The minimum atomic E-state index is -0.853. The Labute approximate surface area is 173 Å². The molecule has 0 aromatic heterocycles. The lowest BCUT2D eigenvalue weighted by molar-refractivity contribution is 0.102. The van der Waals surface area contributed by atoms with E-state index < -0.39 is 17.5 Å². The van der Waals surface area contributed by atoms with Crippen LogP contribution in [0.2, 0.25) is 0 Å². The van der Waals surface area contributed by atoms with Crippen LogP contribution in [0.3, 0.4) is 0 Å². The van der Waals surface area contributed by atoms with Gasteiger partial charge in [0.05, 0.1) is 19.4 Å². The first-order valence-electron chi connectivity index (χ1n) is 9.29. The fourth-order valence-corrected chi connectivity index (χ4v) is 2.81. The van der Waals surface area contributed by atoms with Crippen LogP contribution in [0.15, 0.2) is 60.7 Å². The first-order chi connectivity index (χ1) is 14.5. The molecule has 156 valence electrons. The number of nitrogens with one attached hydrogen (secondary N) is 1. The summed E-state index contributed by atoms with van der Waals surface area (Å²) < 4.78 is 43.7. The quantitative estimate of drug-likeness (QED) is 0.551. The third-order valence-electron chi connectivity index (χ3n) is 4.25. The Hall–Kier alpha value is -3.61. The highest BCUT2D eigenvalue weighted by Crippen LogP contribution is 2.29. The summed E-state index contributed by atoms with van der Waals surface area (Å²) in [7, 11) is 1.55. The monoisotopic (exact) mass is 413 g/mol. The molecule has 0 unspecified atom stereocenters. The number of para-hydroxylation sites is 2. The van der Waals surface area contributed by atoms with Crippen LogP contribution < -0.4 is 19.5 Å².